The second-order valence-corrected chi connectivity index (χ2v) is 2.81. The SMILES string of the molecule is CC1C(=O)OC(=O)CCC(=O)OC1=O. The fourth-order valence-electron chi connectivity index (χ4n) is 0.804. The van der Waals surface area contributed by atoms with Crippen molar-refractivity contribution >= 4 is 23.9 Å². The smallest absolute Gasteiger partial charge is 0.327 e. The summed E-state index contributed by atoms with van der Waals surface area (Å²) in [6.07, 6.45) is -0.519. The first-order valence-corrected chi connectivity index (χ1v) is 3.99. The third-order valence-electron chi connectivity index (χ3n) is 1.67. The van der Waals surface area contributed by atoms with E-state index in [1.807, 2.05) is 0 Å². The minimum atomic E-state index is -1.25. The molecule has 0 aromatic heterocycles. The van der Waals surface area contributed by atoms with Crippen molar-refractivity contribution < 1.29 is 28.7 Å². The summed E-state index contributed by atoms with van der Waals surface area (Å²) in [6.45, 7) is 1.20. The van der Waals surface area contributed by atoms with E-state index in [1.165, 1.54) is 6.92 Å². The summed E-state index contributed by atoms with van der Waals surface area (Å²) < 4.78 is 8.54. The Labute approximate surface area is 79.2 Å². The Bertz CT molecular complexity index is 275. The molecular formula is C8H8O6. The lowest BCUT2D eigenvalue weighted by atomic mass is 10.2. The largest absolute Gasteiger partial charge is 0.393 e. The molecule has 0 atom stereocenters. The van der Waals surface area contributed by atoms with Gasteiger partial charge in [-0.2, -0.15) is 0 Å². The van der Waals surface area contributed by atoms with Gasteiger partial charge in [0.25, 0.3) is 0 Å². The number of hydrogen-bond acceptors (Lipinski definition) is 6. The van der Waals surface area contributed by atoms with E-state index in [0.29, 0.717) is 0 Å². The van der Waals surface area contributed by atoms with Crippen LogP contribution in [0.2, 0.25) is 0 Å². The summed E-state index contributed by atoms with van der Waals surface area (Å²) in [5.74, 6) is -4.88. The molecule has 1 saturated heterocycles. The quantitative estimate of drug-likeness (QED) is 0.389. The molecule has 0 aromatic rings. The molecule has 1 aliphatic rings. The van der Waals surface area contributed by atoms with Gasteiger partial charge >= 0.3 is 23.9 Å². The third kappa shape index (κ3) is 2.38. The molecule has 0 N–H and O–H groups in total. The van der Waals surface area contributed by atoms with Crippen molar-refractivity contribution in [2.75, 3.05) is 0 Å². The minimum absolute atomic E-state index is 0.259. The van der Waals surface area contributed by atoms with Gasteiger partial charge < -0.3 is 9.47 Å². The molecule has 0 aliphatic carbocycles. The molecule has 1 aliphatic heterocycles. The van der Waals surface area contributed by atoms with Crippen molar-refractivity contribution in [2.45, 2.75) is 19.8 Å². The summed E-state index contributed by atoms with van der Waals surface area (Å²) in [4.78, 5) is 43.7. The Balaban J connectivity index is 2.82. The van der Waals surface area contributed by atoms with Gasteiger partial charge in [0, 0.05) is 0 Å². The monoisotopic (exact) mass is 200 g/mol. The number of esters is 4. The topological polar surface area (TPSA) is 86.7 Å². The van der Waals surface area contributed by atoms with E-state index < -0.39 is 29.8 Å². The maximum Gasteiger partial charge on any atom is 0.327 e. The van der Waals surface area contributed by atoms with Crippen molar-refractivity contribution in [1.29, 1.82) is 0 Å². The summed E-state index contributed by atoms with van der Waals surface area (Å²) in [7, 11) is 0. The molecule has 1 rings (SSSR count). The highest BCUT2D eigenvalue weighted by Gasteiger charge is 2.30. The molecular weight excluding hydrogens is 192 g/mol. The standard InChI is InChI=1S/C8H8O6/c1-4-7(11)13-5(9)2-3-6(10)14-8(4)12/h4H,2-3H2,1H3. The number of hydrogen-bond donors (Lipinski definition) is 0. The van der Waals surface area contributed by atoms with Gasteiger partial charge in [0.2, 0.25) is 0 Å². The highest BCUT2D eigenvalue weighted by molar-refractivity contribution is 6.03. The molecule has 0 radical (unpaired) electrons. The van der Waals surface area contributed by atoms with E-state index in [9.17, 15) is 19.2 Å². The molecule has 76 valence electrons. The first-order valence-electron chi connectivity index (χ1n) is 3.99. The Morgan fingerprint density at radius 2 is 1.29 bits per heavy atom. The van der Waals surface area contributed by atoms with Crippen molar-refractivity contribution in [3.05, 3.63) is 0 Å². The molecule has 0 bridgehead atoms. The van der Waals surface area contributed by atoms with E-state index in [0.717, 1.165) is 0 Å². The van der Waals surface area contributed by atoms with Crippen molar-refractivity contribution in [3.8, 4) is 0 Å². The highest BCUT2D eigenvalue weighted by Crippen LogP contribution is 2.08. The lowest BCUT2D eigenvalue weighted by Gasteiger charge is -2.05. The molecule has 6 heteroatoms. The molecule has 14 heavy (non-hydrogen) atoms. The van der Waals surface area contributed by atoms with Crippen LogP contribution in [0.15, 0.2) is 0 Å². The zero-order valence-corrected chi connectivity index (χ0v) is 7.44. The molecule has 0 unspecified atom stereocenters. The Kier molecular flexibility index (Phi) is 2.95. The van der Waals surface area contributed by atoms with E-state index >= 15 is 0 Å². The van der Waals surface area contributed by atoms with Crippen LogP contribution in [0.4, 0.5) is 0 Å². The maximum atomic E-state index is 11.0. The maximum absolute atomic E-state index is 11.0. The van der Waals surface area contributed by atoms with Crippen LogP contribution in [-0.4, -0.2) is 23.9 Å². The van der Waals surface area contributed by atoms with Gasteiger partial charge in [-0.25, -0.2) is 0 Å². The number of ether oxygens (including phenoxy) is 2. The first-order chi connectivity index (χ1) is 6.50. The second-order valence-electron chi connectivity index (χ2n) is 2.81. The normalized spacial score (nSPS) is 20.6. The lowest BCUT2D eigenvalue weighted by Crippen LogP contribution is -2.26. The van der Waals surface area contributed by atoms with Crippen LogP contribution < -0.4 is 0 Å². The summed E-state index contributed by atoms with van der Waals surface area (Å²) in [5.41, 5.74) is 0. The number of cyclic esters (lactones) is 4. The van der Waals surface area contributed by atoms with Gasteiger partial charge in [0.05, 0.1) is 12.8 Å². The van der Waals surface area contributed by atoms with E-state index in [4.69, 9.17) is 0 Å². The fraction of sp³-hybridized carbons (Fsp3) is 0.500. The second kappa shape index (κ2) is 3.99. The van der Waals surface area contributed by atoms with Crippen LogP contribution in [-0.2, 0) is 28.7 Å². The predicted molar refractivity (Wildman–Crippen MR) is 40.6 cm³/mol. The number of carbonyl (C=O) groups is 4. The van der Waals surface area contributed by atoms with Crippen LogP contribution >= 0.6 is 0 Å². The highest BCUT2D eigenvalue weighted by atomic mass is 16.6. The van der Waals surface area contributed by atoms with Crippen molar-refractivity contribution in [1.82, 2.24) is 0 Å². The molecule has 0 saturated carbocycles. The Hall–Kier alpha value is -1.72. The molecule has 6 nitrogen and oxygen atoms in total. The molecule has 1 heterocycles. The Morgan fingerprint density at radius 1 is 0.929 bits per heavy atom. The van der Waals surface area contributed by atoms with Gasteiger partial charge in [-0.15, -0.1) is 0 Å². The van der Waals surface area contributed by atoms with Crippen molar-refractivity contribution in [2.24, 2.45) is 5.92 Å². The number of rotatable bonds is 0. The average Bonchev–Trinajstić information content (AvgIpc) is 2.15. The van der Waals surface area contributed by atoms with E-state index in [-0.39, 0.29) is 12.8 Å². The number of carbonyl (C=O) groups excluding carboxylic acids is 4. The predicted octanol–water partition coefficient (Wildman–Crippen LogP) is -0.444. The lowest BCUT2D eigenvalue weighted by molar-refractivity contribution is -0.167. The fourth-order valence-corrected chi connectivity index (χ4v) is 0.804. The van der Waals surface area contributed by atoms with Crippen LogP contribution in [0.5, 0.6) is 0 Å². The Morgan fingerprint density at radius 3 is 1.64 bits per heavy atom. The average molecular weight is 200 g/mol. The van der Waals surface area contributed by atoms with Gasteiger partial charge in [-0.05, 0) is 6.92 Å². The van der Waals surface area contributed by atoms with Gasteiger partial charge in [-0.1, -0.05) is 0 Å². The molecule has 0 aromatic carbocycles. The third-order valence-corrected chi connectivity index (χ3v) is 1.67. The van der Waals surface area contributed by atoms with Gasteiger partial charge in [0.15, 0.2) is 5.92 Å². The summed E-state index contributed by atoms with van der Waals surface area (Å²) in [5, 5.41) is 0. The van der Waals surface area contributed by atoms with E-state index in [1.54, 1.807) is 0 Å². The van der Waals surface area contributed by atoms with Crippen LogP contribution in [0, 0.1) is 5.92 Å². The molecule has 0 spiro atoms. The zero-order chi connectivity index (χ0) is 10.7. The summed E-state index contributed by atoms with van der Waals surface area (Å²) in [6, 6.07) is 0. The first kappa shape index (κ1) is 10.4. The zero-order valence-electron chi connectivity index (χ0n) is 7.44. The summed E-state index contributed by atoms with van der Waals surface area (Å²) >= 11 is 0. The van der Waals surface area contributed by atoms with Gasteiger partial charge in [0.1, 0.15) is 0 Å². The molecule has 0 amide bonds. The van der Waals surface area contributed by atoms with Crippen LogP contribution in [0.1, 0.15) is 19.8 Å². The van der Waals surface area contributed by atoms with Crippen molar-refractivity contribution in [3.63, 3.8) is 0 Å². The minimum Gasteiger partial charge on any atom is -0.393 e. The van der Waals surface area contributed by atoms with Crippen LogP contribution in [0.3, 0.4) is 0 Å². The van der Waals surface area contributed by atoms with Gasteiger partial charge in [-0.3, -0.25) is 19.2 Å². The molecule has 1 fully saturated rings. The van der Waals surface area contributed by atoms with Crippen LogP contribution in [0.25, 0.3) is 0 Å². The van der Waals surface area contributed by atoms with E-state index in [2.05, 4.69) is 9.47 Å².